The van der Waals surface area contributed by atoms with Gasteiger partial charge in [-0.25, -0.2) is 4.39 Å². The monoisotopic (exact) mass is 468 g/mol. The molecule has 2 aliphatic rings. The number of nitrogens with zero attached hydrogens (tertiary/aromatic N) is 3. The van der Waals surface area contributed by atoms with Crippen LogP contribution in [0.1, 0.15) is 30.9 Å². The van der Waals surface area contributed by atoms with Gasteiger partial charge in [0.15, 0.2) is 0 Å². The molecule has 1 saturated heterocycles. The van der Waals surface area contributed by atoms with Crippen LogP contribution >= 0.6 is 0 Å². The molecule has 0 bridgehead atoms. The van der Waals surface area contributed by atoms with Crippen LogP contribution in [0.15, 0.2) is 65.8 Å². The fourth-order valence-electron chi connectivity index (χ4n) is 4.96. The second kappa shape index (κ2) is 10.1. The van der Waals surface area contributed by atoms with Crippen LogP contribution in [-0.4, -0.2) is 42.8 Å². The number of rotatable bonds is 5. The number of halogens is 1. The molecule has 1 atom stereocenters. The van der Waals surface area contributed by atoms with Crippen molar-refractivity contribution in [2.24, 2.45) is 16.8 Å². The van der Waals surface area contributed by atoms with Crippen molar-refractivity contribution in [2.45, 2.75) is 26.7 Å². The molecule has 35 heavy (non-hydrogen) atoms. The molecule has 0 saturated carbocycles. The molecule has 1 unspecified atom stereocenters. The number of aryl methyl sites for hydroxylation is 1. The topological polar surface area (TPSA) is 40.5 Å². The zero-order valence-corrected chi connectivity index (χ0v) is 20.8. The molecule has 0 aliphatic carbocycles. The van der Waals surface area contributed by atoms with Gasteiger partial charge in [0, 0.05) is 47.3 Å². The second-order valence-corrected chi connectivity index (χ2v) is 9.94. The molecule has 2 aliphatic heterocycles. The Morgan fingerprint density at radius 3 is 2.63 bits per heavy atom. The first-order valence-electron chi connectivity index (χ1n) is 12.5. The minimum absolute atomic E-state index is 0.200. The quantitative estimate of drug-likeness (QED) is 0.465. The van der Waals surface area contributed by atoms with Gasteiger partial charge < -0.3 is 10.2 Å². The first-order chi connectivity index (χ1) is 17.0. The lowest BCUT2D eigenvalue weighted by atomic mass is 9.94. The summed E-state index contributed by atoms with van der Waals surface area (Å²) in [5, 5.41) is 3.78. The van der Waals surface area contributed by atoms with Crippen molar-refractivity contribution in [2.75, 3.05) is 26.7 Å². The van der Waals surface area contributed by atoms with E-state index >= 15 is 0 Å². The van der Waals surface area contributed by atoms with E-state index in [2.05, 4.69) is 59.5 Å². The smallest absolute Gasteiger partial charge is 0.126 e. The Labute approximate surface area is 207 Å². The van der Waals surface area contributed by atoms with E-state index < -0.39 is 0 Å². The molecule has 0 spiro atoms. The first kappa shape index (κ1) is 23.4. The van der Waals surface area contributed by atoms with E-state index in [0.717, 1.165) is 59.0 Å². The molecule has 4 nitrogen and oxygen atoms in total. The fourth-order valence-corrected chi connectivity index (χ4v) is 4.96. The van der Waals surface area contributed by atoms with Gasteiger partial charge in [0.2, 0.25) is 0 Å². The number of likely N-dealkylation sites (tertiary alicyclic amines) is 1. The zero-order valence-electron chi connectivity index (χ0n) is 20.8. The molecule has 5 heteroatoms. The molecule has 3 heterocycles. The number of nitrogens with one attached hydrogen (secondary N) is 1. The Bertz CT molecular complexity index is 1270. The molecular weight excluding hydrogens is 435 g/mol. The normalized spacial score (nSPS) is 18.6. The Hall–Kier alpha value is -3.31. The van der Waals surface area contributed by atoms with Crippen LogP contribution in [0, 0.1) is 24.6 Å². The van der Waals surface area contributed by atoms with Crippen molar-refractivity contribution in [3.63, 3.8) is 0 Å². The molecule has 0 radical (unpaired) electrons. The van der Waals surface area contributed by atoms with Gasteiger partial charge in [-0.2, -0.15) is 0 Å². The van der Waals surface area contributed by atoms with E-state index in [-0.39, 0.29) is 11.7 Å². The minimum Gasteiger partial charge on any atom is -0.384 e. The lowest BCUT2D eigenvalue weighted by molar-refractivity contribution is 0.220. The molecule has 1 N–H and O–H groups in total. The summed E-state index contributed by atoms with van der Waals surface area (Å²) in [6, 6.07) is 15.6. The third kappa shape index (κ3) is 5.20. The summed E-state index contributed by atoms with van der Waals surface area (Å²) in [5.74, 6) is 0.737. The Kier molecular flexibility index (Phi) is 6.78. The van der Waals surface area contributed by atoms with E-state index in [4.69, 9.17) is 4.99 Å². The fraction of sp³-hybridized carbons (Fsp3) is 0.333. The maximum absolute atomic E-state index is 13.9. The van der Waals surface area contributed by atoms with Crippen LogP contribution in [0.2, 0.25) is 0 Å². The zero-order chi connectivity index (χ0) is 24.4. The number of hydrogen-bond acceptors (Lipinski definition) is 4. The van der Waals surface area contributed by atoms with E-state index in [1.807, 2.05) is 18.3 Å². The average molecular weight is 469 g/mol. The van der Waals surface area contributed by atoms with E-state index in [1.165, 1.54) is 18.9 Å². The van der Waals surface area contributed by atoms with Gasteiger partial charge in [-0.1, -0.05) is 25.1 Å². The molecule has 3 aromatic rings. The Morgan fingerprint density at radius 2 is 1.83 bits per heavy atom. The number of fused-ring (bicyclic) bond motifs is 1. The van der Waals surface area contributed by atoms with E-state index in [9.17, 15) is 4.39 Å². The minimum atomic E-state index is -0.200. The van der Waals surface area contributed by atoms with Gasteiger partial charge in [-0.15, -0.1) is 0 Å². The number of pyridine rings is 1. The van der Waals surface area contributed by atoms with E-state index in [0.29, 0.717) is 11.5 Å². The summed E-state index contributed by atoms with van der Waals surface area (Å²) in [6.45, 7) is 7.26. The Balaban J connectivity index is 1.49. The van der Waals surface area contributed by atoms with Gasteiger partial charge >= 0.3 is 0 Å². The number of hydrogen-bond donors (Lipinski definition) is 1. The van der Waals surface area contributed by atoms with Crippen molar-refractivity contribution in [1.29, 1.82) is 0 Å². The van der Waals surface area contributed by atoms with Crippen molar-refractivity contribution in [3.8, 4) is 22.4 Å². The highest BCUT2D eigenvalue weighted by atomic mass is 19.1. The van der Waals surface area contributed by atoms with E-state index in [1.54, 1.807) is 19.2 Å². The van der Waals surface area contributed by atoms with Crippen LogP contribution in [0.25, 0.3) is 28.1 Å². The predicted molar refractivity (Wildman–Crippen MR) is 143 cm³/mol. The molecule has 1 fully saturated rings. The third-order valence-electron chi connectivity index (χ3n) is 7.13. The second-order valence-electron chi connectivity index (χ2n) is 9.94. The summed E-state index contributed by atoms with van der Waals surface area (Å²) in [4.78, 5) is 11.9. The molecule has 180 valence electrons. The number of aliphatic imine (C=N–C) groups is 1. The van der Waals surface area contributed by atoms with Crippen molar-refractivity contribution >= 4 is 17.6 Å². The van der Waals surface area contributed by atoms with Gasteiger partial charge in [0.05, 0.1) is 11.4 Å². The molecule has 1 aromatic heterocycles. The number of benzene rings is 2. The lowest BCUT2D eigenvalue weighted by Crippen LogP contribution is -2.34. The molecule has 5 rings (SSSR count). The SMILES string of the molecule is Cc1cc(-c2ncccc2-c2ccc3c(c2)C(NCC2CCN(C)CC2)=CC(C)C=N3)ccc1F. The van der Waals surface area contributed by atoms with Crippen LogP contribution in [0.4, 0.5) is 10.1 Å². The van der Waals surface area contributed by atoms with Crippen LogP contribution in [0.5, 0.6) is 0 Å². The van der Waals surface area contributed by atoms with Crippen LogP contribution in [0.3, 0.4) is 0 Å². The third-order valence-corrected chi connectivity index (χ3v) is 7.13. The lowest BCUT2D eigenvalue weighted by Gasteiger charge is -2.29. The highest BCUT2D eigenvalue weighted by molar-refractivity contribution is 5.88. The first-order valence-corrected chi connectivity index (χ1v) is 12.5. The van der Waals surface area contributed by atoms with Crippen molar-refractivity contribution < 1.29 is 4.39 Å². The summed E-state index contributed by atoms with van der Waals surface area (Å²) in [7, 11) is 2.20. The van der Waals surface area contributed by atoms with Crippen molar-refractivity contribution in [1.82, 2.24) is 15.2 Å². The predicted octanol–water partition coefficient (Wildman–Crippen LogP) is 6.49. The summed E-state index contributed by atoms with van der Waals surface area (Å²) in [6.07, 6.45) is 8.54. The van der Waals surface area contributed by atoms with Gasteiger partial charge in [-0.3, -0.25) is 9.98 Å². The number of piperidine rings is 1. The van der Waals surface area contributed by atoms with Crippen molar-refractivity contribution in [3.05, 3.63) is 77.7 Å². The van der Waals surface area contributed by atoms with Gasteiger partial charge in [0.1, 0.15) is 5.82 Å². The summed E-state index contributed by atoms with van der Waals surface area (Å²) >= 11 is 0. The summed E-state index contributed by atoms with van der Waals surface area (Å²) in [5.41, 5.74) is 7.72. The number of aromatic nitrogens is 1. The maximum Gasteiger partial charge on any atom is 0.126 e. The maximum atomic E-state index is 13.9. The molecule has 0 amide bonds. The summed E-state index contributed by atoms with van der Waals surface area (Å²) < 4.78 is 13.9. The number of allylic oxidation sites excluding steroid dienone is 1. The Morgan fingerprint density at radius 1 is 1.03 bits per heavy atom. The molecule has 2 aromatic carbocycles. The highest BCUT2D eigenvalue weighted by Gasteiger charge is 2.20. The standard InChI is InChI=1S/C30H33FN4/c1-20-15-29(34-19-22-10-13-35(3)14-11-22)26-17-23(7-9-28(26)33-18-20)25-5-4-12-32-30(25)24-6-8-27(31)21(2)16-24/h4-9,12,15-18,20,22,34H,10-11,13-14,19H2,1-3H3. The average Bonchev–Trinajstić information content (AvgIpc) is 3.03. The van der Waals surface area contributed by atoms with Gasteiger partial charge in [-0.05, 0) is 93.3 Å². The van der Waals surface area contributed by atoms with Crippen LogP contribution < -0.4 is 5.32 Å². The van der Waals surface area contributed by atoms with Gasteiger partial charge in [0.25, 0.3) is 0 Å². The largest absolute Gasteiger partial charge is 0.384 e. The molecular formula is C30H33FN4. The highest BCUT2D eigenvalue weighted by Crippen LogP contribution is 2.36. The van der Waals surface area contributed by atoms with Crippen LogP contribution in [-0.2, 0) is 0 Å².